The van der Waals surface area contributed by atoms with Crippen LogP contribution in [0.5, 0.6) is 0 Å². The van der Waals surface area contributed by atoms with Crippen molar-refractivity contribution in [3.05, 3.63) is 34.9 Å². The second-order valence-corrected chi connectivity index (χ2v) is 8.91. The lowest BCUT2D eigenvalue weighted by Gasteiger charge is -2.39. The van der Waals surface area contributed by atoms with Crippen molar-refractivity contribution >= 4 is 5.91 Å². The Morgan fingerprint density at radius 3 is 2.79 bits per heavy atom. The van der Waals surface area contributed by atoms with Gasteiger partial charge in [0, 0.05) is 32.8 Å². The summed E-state index contributed by atoms with van der Waals surface area (Å²) < 4.78 is 11.9. The van der Waals surface area contributed by atoms with Gasteiger partial charge in [-0.25, -0.2) is 0 Å². The zero-order chi connectivity index (χ0) is 19.6. The van der Waals surface area contributed by atoms with Gasteiger partial charge in [-0.2, -0.15) is 0 Å². The van der Waals surface area contributed by atoms with E-state index in [-0.39, 0.29) is 23.7 Å². The van der Waals surface area contributed by atoms with Crippen LogP contribution in [0.15, 0.2) is 18.2 Å². The number of carbonyl (C=O) groups excluding carboxylic acids is 1. The molecule has 154 valence electrons. The predicted molar refractivity (Wildman–Crippen MR) is 109 cm³/mol. The quantitative estimate of drug-likeness (QED) is 0.845. The summed E-state index contributed by atoms with van der Waals surface area (Å²) in [7, 11) is 0. The van der Waals surface area contributed by atoms with Gasteiger partial charge in [0.2, 0.25) is 5.91 Å². The Hall–Kier alpha value is -1.43. The molecule has 1 spiro atoms. The average molecular weight is 387 g/mol. The Labute approximate surface area is 168 Å². The lowest BCUT2D eigenvalue weighted by molar-refractivity contribution is -0.131. The fraction of sp³-hybridized carbons (Fsp3) is 0.696. The Balaban J connectivity index is 1.23. The fourth-order valence-electron chi connectivity index (χ4n) is 4.85. The molecule has 2 unspecified atom stereocenters. The molecule has 1 aromatic carbocycles. The van der Waals surface area contributed by atoms with E-state index in [1.807, 2.05) is 0 Å². The van der Waals surface area contributed by atoms with Gasteiger partial charge in [0.25, 0.3) is 0 Å². The minimum Gasteiger partial charge on any atom is -0.370 e. The predicted octanol–water partition coefficient (Wildman–Crippen LogP) is 3.11. The summed E-state index contributed by atoms with van der Waals surface area (Å²) in [5, 5.41) is 3.04. The molecule has 1 amide bonds. The highest BCUT2D eigenvalue weighted by Gasteiger charge is 2.42. The van der Waals surface area contributed by atoms with Crippen LogP contribution in [-0.2, 0) is 20.8 Å². The van der Waals surface area contributed by atoms with Crippen LogP contribution in [0, 0.1) is 13.8 Å². The number of hydrogen-bond acceptors (Lipinski definition) is 4. The third kappa shape index (κ3) is 4.58. The first-order chi connectivity index (χ1) is 13.5. The summed E-state index contributed by atoms with van der Waals surface area (Å²) in [6.07, 6.45) is 6.08. The lowest BCUT2D eigenvalue weighted by atomic mass is 9.88. The minimum absolute atomic E-state index is 0.0252. The molecule has 28 heavy (non-hydrogen) atoms. The Kier molecular flexibility index (Phi) is 6.04. The van der Waals surface area contributed by atoms with Gasteiger partial charge >= 0.3 is 0 Å². The first-order valence-electron chi connectivity index (χ1n) is 10.9. The number of rotatable bonds is 5. The number of hydrogen-bond donors (Lipinski definition) is 1. The number of nitrogens with one attached hydrogen (secondary N) is 1. The summed E-state index contributed by atoms with van der Waals surface area (Å²) >= 11 is 0. The third-order valence-corrected chi connectivity index (χ3v) is 6.73. The smallest absolute Gasteiger partial charge is 0.249 e. The first kappa shape index (κ1) is 19.9. The van der Waals surface area contributed by atoms with Crippen LogP contribution in [0.3, 0.4) is 0 Å². The van der Waals surface area contributed by atoms with E-state index in [0.29, 0.717) is 13.2 Å². The summed E-state index contributed by atoms with van der Waals surface area (Å²) in [5.41, 5.74) is 4.18. The fourth-order valence-corrected chi connectivity index (χ4v) is 4.85. The van der Waals surface area contributed by atoms with Crippen LogP contribution in [0.2, 0.25) is 0 Å². The first-order valence-corrected chi connectivity index (χ1v) is 10.9. The average Bonchev–Trinajstić information content (AvgIpc) is 3.36. The highest BCUT2D eigenvalue weighted by molar-refractivity contribution is 5.80. The van der Waals surface area contributed by atoms with E-state index in [0.717, 1.165) is 58.2 Å². The number of nitrogens with zero attached hydrogens (tertiary/aromatic N) is 1. The molecule has 0 radical (unpaired) electrons. The van der Waals surface area contributed by atoms with E-state index < -0.39 is 0 Å². The molecule has 5 heteroatoms. The second kappa shape index (κ2) is 8.52. The molecule has 0 aliphatic carbocycles. The van der Waals surface area contributed by atoms with Gasteiger partial charge < -0.3 is 14.8 Å². The van der Waals surface area contributed by atoms with Gasteiger partial charge in [0.1, 0.15) is 6.10 Å². The van der Waals surface area contributed by atoms with E-state index in [2.05, 4.69) is 42.3 Å². The molecule has 3 saturated heterocycles. The second-order valence-electron chi connectivity index (χ2n) is 8.91. The van der Waals surface area contributed by atoms with Crippen LogP contribution in [-0.4, -0.2) is 54.9 Å². The number of carbonyl (C=O) groups is 1. The molecule has 1 N–H and O–H groups in total. The maximum Gasteiger partial charge on any atom is 0.249 e. The SMILES string of the molecule is Cc1ccc(C)c(CN2CCC3(CCC(CNC(=O)C4CCCO4)O3)CC2)c1. The zero-order valence-corrected chi connectivity index (χ0v) is 17.3. The summed E-state index contributed by atoms with van der Waals surface area (Å²) in [4.78, 5) is 14.7. The number of benzene rings is 1. The van der Waals surface area contributed by atoms with Gasteiger partial charge in [0.05, 0.1) is 11.7 Å². The molecule has 5 nitrogen and oxygen atoms in total. The van der Waals surface area contributed by atoms with Crippen molar-refractivity contribution in [3.8, 4) is 0 Å². The summed E-state index contributed by atoms with van der Waals surface area (Å²) in [5.74, 6) is 0.0328. The van der Waals surface area contributed by atoms with E-state index in [1.54, 1.807) is 0 Å². The van der Waals surface area contributed by atoms with Gasteiger partial charge in [-0.3, -0.25) is 9.69 Å². The van der Waals surface area contributed by atoms with E-state index in [4.69, 9.17) is 9.47 Å². The van der Waals surface area contributed by atoms with Crippen molar-refractivity contribution in [3.63, 3.8) is 0 Å². The minimum atomic E-state index is -0.247. The number of ether oxygens (including phenoxy) is 2. The maximum absolute atomic E-state index is 12.1. The van der Waals surface area contributed by atoms with Crippen molar-refractivity contribution < 1.29 is 14.3 Å². The Morgan fingerprint density at radius 2 is 2.04 bits per heavy atom. The summed E-state index contributed by atoms with van der Waals surface area (Å²) in [6, 6.07) is 6.73. The summed E-state index contributed by atoms with van der Waals surface area (Å²) in [6.45, 7) is 8.90. The molecule has 3 heterocycles. The molecule has 3 aliphatic rings. The molecule has 0 aromatic heterocycles. The molecule has 0 bridgehead atoms. The molecular formula is C23H34N2O3. The van der Waals surface area contributed by atoms with E-state index in [9.17, 15) is 4.79 Å². The van der Waals surface area contributed by atoms with Crippen LogP contribution in [0.4, 0.5) is 0 Å². The van der Waals surface area contributed by atoms with Crippen molar-refractivity contribution in [1.82, 2.24) is 10.2 Å². The number of piperidine rings is 1. The van der Waals surface area contributed by atoms with E-state index >= 15 is 0 Å². The highest BCUT2D eigenvalue weighted by Crippen LogP contribution is 2.39. The van der Waals surface area contributed by atoms with Crippen molar-refractivity contribution in [2.75, 3.05) is 26.2 Å². The number of likely N-dealkylation sites (tertiary alicyclic amines) is 1. The third-order valence-electron chi connectivity index (χ3n) is 6.73. The van der Waals surface area contributed by atoms with Crippen LogP contribution >= 0.6 is 0 Å². The van der Waals surface area contributed by atoms with Gasteiger partial charge in [0.15, 0.2) is 0 Å². The maximum atomic E-state index is 12.1. The topological polar surface area (TPSA) is 50.8 Å². The zero-order valence-electron chi connectivity index (χ0n) is 17.3. The van der Waals surface area contributed by atoms with Crippen molar-refractivity contribution in [2.24, 2.45) is 0 Å². The van der Waals surface area contributed by atoms with Gasteiger partial charge in [-0.05, 0) is 63.5 Å². The molecule has 1 aromatic rings. The van der Waals surface area contributed by atoms with Crippen LogP contribution < -0.4 is 5.32 Å². The molecule has 4 rings (SSSR count). The van der Waals surface area contributed by atoms with Gasteiger partial charge in [-0.1, -0.05) is 23.8 Å². The number of amides is 1. The number of aryl methyl sites for hydroxylation is 2. The van der Waals surface area contributed by atoms with E-state index in [1.165, 1.54) is 16.7 Å². The lowest BCUT2D eigenvalue weighted by Crippen LogP contribution is -2.45. The van der Waals surface area contributed by atoms with Crippen LogP contribution in [0.1, 0.15) is 55.2 Å². The Morgan fingerprint density at radius 1 is 1.21 bits per heavy atom. The van der Waals surface area contributed by atoms with Crippen molar-refractivity contribution in [2.45, 2.75) is 76.7 Å². The van der Waals surface area contributed by atoms with Crippen molar-refractivity contribution in [1.29, 1.82) is 0 Å². The molecule has 3 aliphatic heterocycles. The molecule has 2 atom stereocenters. The standard InChI is InChI=1S/C23H34N2O3/c1-17-5-6-18(2)19(14-17)16-25-11-9-23(10-12-25)8-7-20(28-23)15-24-22(26)21-4-3-13-27-21/h5-6,14,20-21H,3-4,7-13,15-16H2,1-2H3,(H,24,26). The van der Waals surface area contributed by atoms with Gasteiger partial charge in [-0.15, -0.1) is 0 Å². The molecule has 0 saturated carbocycles. The monoisotopic (exact) mass is 386 g/mol. The molecular weight excluding hydrogens is 352 g/mol. The largest absolute Gasteiger partial charge is 0.370 e. The normalized spacial score (nSPS) is 27.4. The Bertz CT molecular complexity index is 691. The molecule has 3 fully saturated rings. The van der Waals surface area contributed by atoms with Crippen LogP contribution in [0.25, 0.3) is 0 Å². The highest BCUT2D eigenvalue weighted by atomic mass is 16.5.